The minimum Gasteiger partial charge on any atom is -0.364 e. The van der Waals surface area contributed by atoms with E-state index in [1.807, 2.05) is 0 Å². The van der Waals surface area contributed by atoms with Crippen LogP contribution >= 0.6 is 11.6 Å². The monoisotopic (exact) mass is 421 g/mol. The van der Waals surface area contributed by atoms with Crippen molar-refractivity contribution in [3.05, 3.63) is 58.5 Å². The van der Waals surface area contributed by atoms with Crippen molar-refractivity contribution in [2.75, 3.05) is 17.7 Å². The number of benzene rings is 1. The van der Waals surface area contributed by atoms with Crippen molar-refractivity contribution in [3.63, 3.8) is 0 Å². The maximum Gasteiger partial charge on any atom is 0.241 e. The molecule has 8 nitrogen and oxygen atoms in total. The van der Waals surface area contributed by atoms with Gasteiger partial charge in [0.05, 0.1) is 18.1 Å². The summed E-state index contributed by atoms with van der Waals surface area (Å²) in [5, 5.41) is 12.5. The van der Waals surface area contributed by atoms with Gasteiger partial charge in [-0.3, -0.25) is 9.48 Å². The third-order valence-electron chi connectivity index (χ3n) is 4.03. The molecule has 0 bridgehead atoms. The van der Waals surface area contributed by atoms with Gasteiger partial charge in [0.25, 0.3) is 0 Å². The summed E-state index contributed by atoms with van der Waals surface area (Å²) in [5.41, 5.74) is 0.788. The summed E-state index contributed by atoms with van der Waals surface area (Å²) in [4.78, 5) is 19.7. The van der Waals surface area contributed by atoms with Gasteiger partial charge >= 0.3 is 0 Å². The van der Waals surface area contributed by atoms with Gasteiger partial charge in [0.15, 0.2) is 5.82 Å². The Morgan fingerprint density at radius 2 is 2.07 bits per heavy atom. The molecule has 3 rings (SSSR count). The highest BCUT2D eigenvalue weighted by Crippen LogP contribution is 2.23. The lowest BCUT2D eigenvalue weighted by atomic mass is 10.1. The molecule has 0 aliphatic heterocycles. The Balaban J connectivity index is 1.72. The molecule has 0 spiro atoms. The normalized spacial score (nSPS) is 10.7. The first-order chi connectivity index (χ1) is 13.9. The molecule has 0 unspecified atom stereocenters. The smallest absolute Gasteiger partial charge is 0.241 e. The van der Waals surface area contributed by atoms with Gasteiger partial charge < -0.3 is 16.0 Å². The predicted molar refractivity (Wildman–Crippen MR) is 105 cm³/mol. The van der Waals surface area contributed by atoms with Gasteiger partial charge in [-0.1, -0.05) is 17.7 Å². The molecule has 2 aromatic heterocycles. The summed E-state index contributed by atoms with van der Waals surface area (Å²) in [6.45, 7) is 1.49. The van der Waals surface area contributed by atoms with Crippen LogP contribution in [0, 0.1) is 18.6 Å². The number of aryl methyl sites for hydroxylation is 1. The average Bonchev–Trinajstić information content (AvgIpc) is 3.13. The molecule has 1 amide bonds. The van der Waals surface area contributed by atoms with Gasteiger partial charge in [-0.15, -0.1) is 0 Å². The molecule has 0 fully saturated rings. The standard InChI is InChI=1S/C18H18ClF2N7O/c1-10-3-4-14(20)12(16(10)21)6-23-17-13(19)7-24-18(27-17)26-11-5-25-28(8-11)9-15(29)22-2/h3-5,7-8H,6,9H2,1-2H3,(H,22,29)(H2,23,24,26,27). The van der Waals surface area contributed by atoms with Crippen molar-refractivity contribution >= 4 is 35.0 Å². The highest BCUT2D eigenvalue weighted by Gasteiger charge is 2.13. The van der Waals surface area contributed by atoms with Crippen LogP contribution in [0.3, 0.4) is 0 Å². The zero-order chi connectivity index (χ0) is 21.0. The zero-order valence-electron chi connectivity index (χ0n) is 15.6. The van der Waals surface area contributed by atoms with Gasteiger partial charge in [-0.2, -0.15) is 10.1 Å². The van der Waals surface area contributed by atoms with E-state index in [-0.39, 0.29) is 41.3 Å². The number of carbonyl (C=O) groups excluding carboxylic acids is 1. The van der Waals surface area contributed by atoms with Crippen LogP contribution in [0.25, 0.3) is 0 Å². The number of hydrogen-bond acceptors (Lipinski definition) is 6. The van der Waals surface area contributed by atoms with Gasteiger partial charge in [0.1, 0.15) is 23.2 Å². The van der Waals surface area contributed by atoms with Crippen molar-refractivity contribution in [2.24, 2.45) is 0 Å². The SMILES string of the molecule is CNC(=O)Cn1cc(Nc2ncc(Cl)c(NCc3c(F)ccc(C)c3F)n2)cn1. The maximum absolute atomic E-state index is 14.2. The van der Waals surface area contributed by atoms with Crippen molar-refractivity contribution < 1.29 is 13.6 Å². The zero-order valence-corrected chi connectivity index (χ0v) is 16.4. The maximum atomic E-state index is 14.2. The van der Waals surface area contributed by atoms with Crippen LogP contribution < -0.4 is 16.0 Å². The van der Waals surface area contributed by atoms with E-state index in [1.165, 1.54) is 36.3 Å². The summed E-state index contributed by atoms with van der Waals surface area (Å²) in [6, 6.07) is 2.58. The third-order valence-corrected chi connectivity index (χ3v) is 4.31. The molecule has 0 aliphatic carbocycles. The molecule has 1 aromatic carbocycles. The first-order valence-electron chi connectivity index (χ1n) is 8.57. The minimum absolute atomic E-state index is 0.0695. The number of rotatable bonds is 7. The van der Waals surface area contributed by atoms with Crippen molar-refractivity contribution in [1.29, 1.82) is 0 Å². The first-order valence-corrected chi connectivity index (χ1v) is 8.95. The molecule has 11 heteroatoms. The number of halogens is 3. The number of hydrogen-bond donors (Lipinski definition) is 3. The van der Waals surface area contributed by atoms with E-state index in [1.54, 1.807) is 13.1 Å². The largest absolute Gasteiger partial charge is 0.364 e. The molecule has 29 heavy (non-hydrogen) atoms. The van der Waals surface area contributed by atoms with Crippen LogP contribution in [-0.2, 0) is 17.9 Å². The lowest BCUT2D eigenvalue weighted by molar-refractivity contribution is -0.121. The van der Waals surface area contributed by atoms with Crippen LogP contribution in [0.1, 0.15) is 11.1 Å². The topological polar surface area (TPSA) is 96.8 Å². The molecule has 0 saturated heterocycles. The van der Waals surface area contributed by atoms with Gasteiger partial charge in [-0.25, -0.2) is 13.8 Å². The summed E-state index contributed by atoms with van der Waals surface area (Å²) in [5.74, 6) is -1.06. The summed E-state index contributed by atoms with van der Waals surface area (Å²) in [6.07, 6.45) is 4.47. The molecule has 2 heterocycles. The van der Waals surface area contributed by atoms with E-state index >= 15 is 0 Å². The molecule has 0 aliphatic rings. The van der Waals surface area contributed by atoms with E-state index in [2.05, 4.69) is 31.0 Å². The quantitative estimate of drug-likeness (QED) is 0.542. The Bertz CT molecular complexity index is 1040. The van der Waals surface area contributed by atoms with E-state index in [4.69, 9.17) is 11.6 Å². The Morgan fingerprint density at radius 3 is 2.83 bits per heavy atom. The van der Waals surface area contributed by atoms with E-state index in [0.29, 0.717) is 11.3 Å². The van der Waals surface area contributed by atoms with Gasteiger partial charge in [0, 0.05) is 25.4 Å². The first kappa shape index (κ1) is 20.5. The van der Waals surface area contributed by atoms with Crippen LogP contribution in [0.4, 0.5) is 26.2 Å². The minimum atomic E-state index is -0.660. The second-order valence-corrected chi connectivity index (χ2v) is 6.53. The molecule has 0 saturated carbocycles. The van der Waals surface area contributed by atoms with Crippen LogP contribution in [-0.4, -0.2) is 32.7 Å². The molecule has 3 N–H and O–H groups in total. The molecule has 0 radical (unpaired) electrons. The third kappa shape index (κ3) is 4.96. The highest BCUT2D eigenvalue weighted by molar-refractivity contribution is 6.32. The van der Waals surface area contributed by atoms with Crippen LogP contribution in [0.15, 0.2) is 30.7 Å². The fraction of sp³-hybridized carbons (Fsp3) is 0.222. The Hall–Kier alpha value is -3.27. The van der Waals surface area contributed by atoms with Crippen LogP contribution in [0.2, 0.25) is 5.02 Å². The Kier molecular flexibility index (Phi) is 6.23. The summed E-state index contributed by atoms with van der Waals surface area (Å²) >= 11 is 6.09. The van der Waals surface area contributed by atoms with E-state index in [0.717, 1.165) is 0 Å². The molecule has 3 aromatic rings. The van der Waals surface area contributed by atoms with Crippen molar-refractivity contribution in [1.82, 2.24) is 25.1 Å². The number of anilines is 3. The number of amides is 1. The Morgan fingerprint density at radius 1 is 1.28 bits per heavy atom. The summed E-state index contributed by atoms with van der Waals surface area (Å²) < 4.78 is 29.5. The lowest BCUT2D eigenvalue weighted by Crippen LogP contribution is -2.23. The number of carbonyl (C=O) groups is 1. The fourth-order valence-electron chi connectivity index (χ4n) is 2.47. The second-order valence-electron chi connectivity index (χ2n) is 6.13. The number of aromatic nitrogens is 4. The number of likely N-dealkylation sites (N-methyl/N-ethyl adjacent to an activating group) is 1. The molecular weight excluding hydrogens is 404 g/mol. The fourth-order valence-corrected chi connectivity index (χ4v) is 2.63. The number of nitrogens with one attached hydrogen (secondary N) is 3. The van der Waals surface area contributed by atoms with Gasteiger partial charge in [-0.05, 0) is 18.6 Å². The lowest BCUT2D eigenvalue weighted by Gasteiger charge is -2.11. The van der Waals surface area contributed by atoms with E-state index < -0.39 is 11.6 Å². The van der Waals surface area contributed by atoms with Crippen molar-refractivity contribution in [3.8, 4) is 0 Å². The summed E-state index contributed by atoms with van der Waals surface area (Å²) in [7, 11) is 1.54. The molecular formula is C18H18ClF2N7O. The molecule has 0 atom stereocenters. The Labute approximate surface area is 170 Å². The second kappa shape index (κ2) is 8.82. The van der Waals surface area contributed by atoms with Crippen molar-refractivity contribution in [2.45, 2.75) is 20.0 Å². The average molecular weight is 422 g/mol. The number of nitrogens with zero attached hydrogens (tertiary/aromatic N) is 4. The highest BCUT2D eigenvalue weighted by atomic mass is 35.5. The predicted octanol–water partition coefficient (Wildman–Crippen LogP) is 3.01. The van der Waals surface area contributed by atoms with Crippen LogP contribution in [0.5, 0.6) is 0 Å². The van der Waals surface area contributed by atoms with E-state index in [9.17, 15) is 13.6 Å². The molecule has 152 valence electrons. The van der Waals surface area contributed by atoms with Gasteiger partial charge in [0.2, 0.25) is 11.9 Å².